The van der Waals surface area contributed by atoms with Crippen LogP contribution in [0, 0.1) is 0 Å². The lowest BCUT2D eigenvalue weighted by Crippen LogP contribution is -2.45. The highest BCUT2D eigenvalue weighted by Gasteiger charge is 2.20. The van der Waals surface area contributed by atoms with Crippen molar-refractivity contribution >= 4 is 16.0 Å². The first-order valence-corrected chi connectivity index (χ1v) is 9.43. The molecule has 0 saturated heterocycles. The van der Waals surface area contributed by atoms with E-state index in [-0.39, 0.29) is 11.2 Å². The molecule has 23 heavy (non-hydrogen) atoms. The number of hydrogen-bond acceptors (Lipinski definition) is 3. The van der Waals surface area contributed by atoms with E-state index in [9.17, 15) is 8.42 Å². The molecular formula is C16H28N4O2S. The molecule has 0 aliphatic heterocycles. The van der Waals surface area contributed by atoms with Crippen LogP contribution >= 0.6 is 0 Å². The Balaban J connectivity index is 2.43. The SMILES string of the molecule is CCS(=O)(=O)NCCNC(=NC)NCC(C)(C)c1ccccc1. The predicted octanol–water partition coefficient (Wildman–Crippen LogP) is 1.07. The minimum absolute atomic E-state index is 0.0390. The van der Waals surface area contributed by atoms with Gasteiger partial charge in [0.15, 0.2) is 5.96 Å². The molecule has 1 rings (SSSR count). The standard InChI is InChI=1S/C16H28N4O2S/c1-5-23(21,22)20-12-11-18-15(17-4)19-13-16(2,3)14-9-7-6-8-10-14/h6-10,20H,5,11-13H2,1-4H3,(H2,17,18,19). The van der Waals surface area contributed by atoms with E-state index in [1.165, 1.54) is 5.56 Å². The molecule has 0 atom stereocenters. The maximum absolute atomic E-state index is 11.3. The summed E-state index contributed by atoms with van der Waals surface area (Å²) in [5.74, 6) is 0.746. The molecule has 1 aromatic rings. The van der Waals surface area contributed by atoms with E-state index in [2.05, 4.69) is 46.3 Å². The average molecular weight is 340 g/mol. The van der Waals surface area contributed by atoms with Gasteiger partial charge in [-0.05, 0) is 12.5 Å². The van der Waals surface area contributed by atoms with Crippen LogP contribution in [-0.2, 0) is 15.4 Å². The van der Waals surface area contributed by atoms with Crippen molar-refractivity contribution in [3.8, 4) is 0 Å². The van der Waals surface area contributed by atoms with Crippen molar-refractivity contribution in [2.75, 3.05) is 32.4 Å². The third kappa shape index (κ3) is 7.00. The maximum atomic E-state index is 11.3. The Morgan fingerprint density at radius 3 is 2.35 bits per heavy atom. The first-order chi connectivity index (χ1) is 10.8. The van der Waals surface area contributed by atoms with Crippen molar-refractivity contribution in [1.82, 2.24) is 15.4 Å². The number of nitrogens with zero attached hydrogens (tertiary/aromatic N) is 1. The van der Waals surface area contributed by atoms with E-state index in [1.807, 2.05) is 18.2 Å². The summed E-state index contributed by atoms with van der Waals surface area (Å²) in [5.41, 5.74) is 1.21. The highest BCUT2D eigenvalue weighted by molar-refractivity contribution is 7.89. The van der Waals surface area contributed by atoms with Gasteiger partial charge in [-0.15, -0.1) is 0 Å². The zero-order valence-electron chi connectivity index (χ0n) is 14.4. The van der Waals surface area contributed by atoms with Crippen LogP contribution < -0.4 is 15.4 Å². The van der Waals surface area contributed by atoms with E-state index >= 15 is 0 Å². The van der Waals surface area contributed by atoms with Crippen LogP contribution in [0.1, 0.15) is 26.3 Å². The lowest BCUT2D eigenvalue weighted by atomic mass is 9.85. The Hall–Kier alpha value is -1.60. The quantitative estimate of drug-likeness (QED) is 0.375. The summed E-state index contributed by atoms with van der Waals surface area (Å²) < 4.78 is 25.2. The molecule has 7 heteroatoms. The molecule has 130 valence electrons. The summed E-state index contributed by atoms with van der Waals surface area (Å²) >= 11 is 0. The van der Waals surface area contributed by atoms with Crippen molar-refractivity contribution in [2.45, 2.75) is 26.2 Å². The van der Waals surface area contributed by atoms with Crippen LogP contribution in [0.2, 0.25) is 0 Å². The minimum Gasteiger partial charge on any atom is -0.356 e. The fourth-order valence-corrected chi connectivity index (χ4v) is 2.62. The zero-order chi connectivity index (χ0) is 17.3. The number of guanidine groups is 1. The molecule has 6 nitrogen and oxygen atoms in total. The fraction of sp³-hybridized carbons (Fsp3) is 0.562. The van der Waals surface area contributed by atoms with E-state index in [0.29, 0.717) is 19.0 Å². The van der Waals surface area contributed by atoms with Gasteiger partial charge in [-0.3, -0.25) is 4.99 Å². The number of hydrogen-bond donors (Lipinski definition) is 3. The van der Waals surface area contributed by atoms with Crippen LogP contribution in [0.5, 0.6) is 0 Å². The van der Waals surface area contributed by atoms with Gasteiger partial charge in [0, 0.05) is 32.1 Å². The van der Waals surface area contributed by atoms with Crippen LogP contribution in [-0.4, -0.2) is 46.8 Å². The van der Waals surface area contributed by atoms with Crippen LogP contribution in [0.3, 0.4) is 0 Å². The smallest absolute Gasteiger partial charge is 0.211 e. The topological polar surface area (TPSA) is 82.6 Å². The van der Waals surface area contributed by atoms with E-state index in [1.54, 1.807) is 14.0 Å². The Kier molecular flexibility index (Phi) is 7.51. The van der Waals surface area contributed by atoms with Gasteiger partial charge in [0.25, 0.3) is 0 Å². The second kappa shape index (κ2) is 8.88. The molecular weight excluding hydrogens is 312 g/mol. The lowest BCUT2D eigenvalue weighted by Gasteiger charge is -2.26. The highest BCUT2D eigenvalue weighted by atomic mass is 32.2. The number of aliphatic imine (C=N–C) groups is 1. The predicted molar refractivity (Wildman–Crippen MR) is 96.3 cm³/mol. The van der Waals surface area contributed by atoms with E-state index in [0.717, 1.165) is 6.54 Å². The van der Waals surface area contributed by atoms with Crippen molar-refractivity contribution in [1.29, 1.82) is 0 Å². The second-order valence-corrected chi connectivity index (χ2v) is 8.00. The Bertz CT molecular complexity index is 598. The second-order valence-electron chi connectivity index (χ2n) is 5.90. The number of benzene rings is 1. The van der Waals surface area contributed by atoms with Gasteiger partial charge in [-0.25, -0.2) is 13.1 Å². The normalized spacial score (nSPS) is 13.0. The van der Waals surface area contributed by atoms with Crippen molar-refractivity contribution in [3.63, 3.8) is 0 Å². The molecule has 0 heterocycles. The molecule has 0 amide bonds. The highest BCUT2D eigenvalue weighted by Crippen LogP contribution is 2.21. The number of rotatable bonds is 8. The van der Waals surface area contributed by atoms with Gasteiger partial charge in [0.1, 0.15) is 0 Å². The third-order valence-corrected chi connectivity index (χ3v) is 5.00. The first-order valence-electron chi connectivity index (χ1n) is 7.78. The molecule has 0 aliphatic carbocycles. The molecule has 0 bridgehead atoms. The summed E-state index contributed by atoms with van der Waals surface area (Å²) in [7, 11) is -1.45. The Labute approximate surface area is 139 Å². The van der Waals surface area contributed by atoms with E-state index in [4.69, 9.17) is 0 Å². The Morgan fingerprint density at radius 2 is 1.78 bits per heavy atom. The van der Waals surface area contributed by atoms with Crippen molar-refractivity contribution in [3.05, 3.63) is 35.9 Å². The first kappa shape index (κ1) is 19.4. The molecule has 0 aromatic heterocycles. The molecule has 0 unspecified atom stereocenters. The largest absolute Gasteiger partial charge is 0.356 e. The molecule has 3 N–H and O–H groups in total. The van der Waals surface area contributed by atoms with Gasteiger partial charge in [-0.1, -0.05) is 44.2 Å². The summed E-state index contributed by atoms with van der Waals surface area (Å²) in [4.78, 5) is 4.16. The third-order valence-electron chi connectivity index (χ3n) is 3.60. The van der Waals surface area contributed by atoms with Gasteiger partial charge in [0.2, 0.25) is 10.0 Å². The van der Waals surface area contributed by atoms with Gasteiger partial charge in [-0.2, -0.15) is 0 Å². The molecule has 0 radical (unpaired) electrons. The van der Waals surface area contributed by atoms with Gasteiger partial charge < -0.3 is 10.6 Å². The van der Waals surface area contributed by atoms with E-state index < -0.39 is 10.0 Å². The molecule has 0 saturated carbocycles. The zero-order valence-corrected chi connectivity index (χ0v) is 15.2. The number of nitrogens with one attached hydrogen (secondary N) is 3. The monoisotopic (exact) mass is 340 g/mol. The van der Waals surface area contributed by atoms with Crippen LogP contribution in [0.25, 0.3) is 0 Å². The molecule has 0 aliphatic rings. The minimum atomic E-state index is -3.15. The number of sulfonamides is 1. The van der Waals surface area contributed by atoms with Crippen LogP contribution in [0.4, 0.5) is 0 Å². The summed E-state index contributed by atoms with van der Waals surface area (Å²) in [6, 6.07) is 10.3. The summed E-state index contributed by atoms with van der Waals surface area (Å²) in [5, 5.41) is 6.38. The molecule has 1 aromatic carbocycles. The maximum Gasteiger partial charge on any atom is 0.211 e. The average Bonchev–Trinajstić information content (AvgIpc) is 2.55. The summed E-state index contributed by atoms with van der Waals surface area (Å²) in [6.45, 7) is 7.47. The van der Waals surface area contributed by atoms with Crippen molar-refractivity contribution < 1.29 is 8.42 Å². The molecule has 0 fully saturated rings. The van der Waals surface area contributed by atoms with Crippen molar-refractivity contribution in [2.24, 2.45) is 4.99 Å². The van der Waals surface area contributed by atoms with Gasteiger partial charge >= 0.3 is 0 Å². The fourth-order valence-electron chi connectivity index (χ4n) is 2.01. The lowest BCUT2D eigenvalue weighted by molar-refractivity contribution is 0.508. The van der Waals surface area contributed by atoms with Crippen LogP contribution in [0.15, 0.2) is 35.3 Å². The Morgan fingerprint density at radius 1 is 1.13 bits per heavy atom. The molecule has 0 spiro atoms. The van der Waals surface area contributed by atoms with Gasteiger partial charge in [0.05, 0.1) is 5.75 Å². The summed E-state index contributed by atoms with van der Waals surface area (Å²) in [6.07, 6.45) is 0.